The molecule has 6 heteroatoms. The summed E-state index contributed by atoms with van der Waals surface area (Å²) >= 11 is 0. The van der Waals surface area contributed by atoms with E-state index in [4.69, 9.17) is 10.8 Å². The van der Waals surface area contributed by atoms with Crippen LogP contribution in [-0.4, -0.2) is 29.6 Å². The van der Waals surface area contributed by atoms with Gasteiger partial charge in [0, 0.05) is 13.0 Å². The number of amides is 1. The Hall–Kier alpha value is -0.100. The molecule has 0 aliphatic heterocycles. The second-order valence-corrected chi connectivity index (χ2v) is 6.37. The number of carboxylic acids is 1. The summed E-state index contributed by atoms with van der Waals surface area (Å²) in [5.41, 5.74) is 5.41. The maximum Gasteiger partial charge on any atom is 1.00 e. The standard InChI is InChI=1S/C18H36N2O3.Na.H/c1-2-3-4-5-6-7-8-9-10-14-17(21)20-15-12-11-13-16(19)18(22)23;;/h16H,2-15,19H2,1H3,(H,20,21)(H,22,23);;/q;+1;-1/t16-;;/m0../s1. The van der Waals surface area contributed by atoms with Gasteiger partial charge in [-0.05, 0) is 25.7 Å². The smallest absolute Gasteiger partial charge is 1.00 e. The fourth-order valence-electron chi connectivity index (χ4n) is 2.53. The summed E-state index contributed by atoms with van der Waals surface area (Å²) in [5.74, 6) is -0.852. The average molecular weight is 352 g/mol. The first-order valence-corrected chi connectivity index (χ1v) is 9.33. The number of nitrogens with one attached hydrogen (secondary N) is 1. The Morgan fingerprint density at radius 2 is 1.50 bits per heavy atom. The van der Waals surface area contributed by atoms with Gasteiger partial charge in [0.1, 0.15) is 6.04 Å². The van der Waals surface area contributed by atoms with Crippen molar-refractivity contribution in [3.05, 3.63) is 0 Å². The Morgan fingerprint density at radius 1 is 0.958 bits per heavy atom. The maximum atomic E-state index is 11.6. The van der Waals surface area contributed by atoms with Gasteiger partial charge in [-0.15, -0.1) is 0 Å². The largest absolute Gasteiger partial charge is 1.00 e. The fourth-order valence-corrected chi connectivity index (χ4v) is 2.53. The molecule has 0 saturated heterocycles. The van der Waals surface area contributed by atoms with E-state index >= 15 is 0 Å². The molecule has 4 N–H and O–H groups in total. The van der Waals surface area contributed by atoms with E-state index in [0.717, 1.165) is 25.7 Å². The number of carboxylic acid groups (broad SMARTS) is 1. The number of aliphatic carboxylic acids is 1. The van der Waals surface area contributed by atoms with Crippen LogP contribution in [0.5, 0.6) is 0 Å². The van der Waals surface area contributed by atoms with Crippen molar-refractivity contribution in [2.75, 3.05) is 6.54 Å². The van der Waals surface area contributed by atoms with Crippen molar-refractivity contribution in [2.24, 2.45) is 5.73 Å². The van der Waals surface area contributed by atoms with Gasteiger partial charge in [-0.1, -0.05) is 58.3 Å². The fraction of sp³-hybridized carbons (Fsp3) is 0.889. The van der Waals surface area contributed by atoms with Crippen LogP contribution in [0.15, 0.2) is 0 Å². The predicted octanol–water partition coefficient (Wildman–Crippen LogP) is 0.722. The van der Waals surface area contributed by atoms with Crippen molar-refractivity contribution in [1.29, 1.82) is 0 Å². The van der Waals surface area contributed by atoms with Gasteiger partial charge in [-0.3, -0.25) is 9.59 Å². The molecular weight excluding hydrogens is 315 g/mol. The van der Waals surface area contributed by atoms with Crippen molar-refractivity contribution < 1.29 is 45.7 Å². The second-order valence-electron chi connectivity index (χ2n) is 6.37. The number of hydrogen-bond donors (Lipinski definition) is 3. The van der Waals surface area contributed by atoms with E-state index in [9.17, 15) is 9.59 Å². The quantitative estimate of drug-likeness (QED) is 0.282. The predicted molar refractivity (Wildman–Crippen MR) is 95.4 cm³/mol. The molecule has 0 aromatic carbocycles. The van der Waals surface area contributed by atoms with Gasteiger partial charge in [0.2, 0.25) is 5.91 Å². The van der Waals surface area contributed by atoms with Crippen LogP contribution in [0.2, 0.25) is 0 Å². The maximum absolute atomic E-state index is 11.6. The van der Waals surface area contributed by atoms with Crippen molar-refractivity contribution in [1.82, 2.24) is 5.32 Å². The van der Waals surface area contributed by atoms with Crippen molar-refractivity contribution in [2.45, 2.75) is 96.4 Å². The van der Waals surface area contributed by atoms with Crippen LogP contribution < -0.4 is 40.6 Å². The molecule has 24 heavy (non-hydrogen) atoms. The van der Waals surface area contributed by atoms with Crippen molar-refractivity contribution >= 4 is 11.9 Å². The molecule has 0 bridgehead atoms. The molecule has 0 unspecified atom stereocenters. The van der Waals surface area contributed by atoms with Crippen LogP contribution in [0.1, 0.15) is 91.8 Å². The van der Waals surface area contributed by atoms with Crippen molar-refractivity contribution in [3.8, 4) is 0 Å². The third kappa shape index (κ3) is 18.2. The number of carbonyl (C=O) groups excluding carboxylic acids is 1. The Morgan fingerprint density at radius 3 is 2.04 bits per heavy atom. The average Bonchev–Trinajstić information content (AvgIpc) is 2.52. The normalized spacial score (nSPS) is 11.6. The molecule has 138 valence electrons. The SMILES string of the molecule is CCCCCCCCCCCC(=O)NCCCC[C@H](N)C(=O)O.[H-].[Na+]. The molecule has 0 aromatic heterocycles. The van der Waals surface area contributed by atoms with E-state index in [1.807, 2.05) is 0 Å². The molecule has 0 spiro atoms. The van der Waals surface area contributed by atoms with E-state index in [1.165, 1.54) is 44.9 Å². The number of nitrogens with two attached hydrogens (primary N) is 1. The molecule has 5 nitrogen and oxygen atoms in total. The van der Waals surface area contributed by atoms with Crippen LogP contribution in [0.25, 0.3) is 0 Å². The minimum absolute atomic E-state index is 0. The number of rotatable bonds is 16. The first kappa shape index (κ1) is 26.1. The summed E-state index contributed by atoms with van der Waals surface area (Å²) in [6.07, 6.45) is 13.9. The summed E-state index contributed by atoms with van der Waals surface area (Å²) in [4.78, 5) is 22.2. The molecule has 0 fully saturated rings. The van der Waals surface area contributed by atoms with E-state index in [1.54, 1.807) is 0 Å². The van der Waals surface area contributed by atoms with E-state index in [0.29, 0.717) is 19.4 Å². The molecular formula is C18H37N2NaO3. The minimum atomic E-state index is -0.959. The third-order valence-electron chi connectivity index (χ3n) is 4.09. The van der Waals surface area contributed by atoms with Crippen LogP contribution in [0.3, 0.4) is 0 Å². The summed E-state index contributed by atoms with van der Waals surface area (Å²) in [6, 6.07) is -0.785. The Balaban J connectivity index is -0.00000242. The first-order valence-electron chi connectivity index (χ1n) is 9.33. The van der Waals surface area contributed by atoms with Crippen LogP contribution in [-0.2, 0) is 9.59 Å². The van der Waals surface area contributed by atoms with Gasteiger partial charge in [-0.2, -0.15) is 0 Å². The van der Waals surface area contributed by atoms with Gasteiger partial charge in [0.25, 0.3) is 0 Å². The van der Waals surface area contributed by atoms with E-state index < -0.39 is 12.0 Å². The summed E-state index contributed by atoms with van der Waals surface area (Å²) in [7, 11) is 0. The Labute approximate surface area is 171 Å². The molecule has 0 radical (unpaired) electrons. The van der Waals surface area contributed by atoms with E-state index in [2.05, 4.69) is 12.2 Å². The zero-order valence-corrected chi connectivity index (χ0v) is 17.8. The summed E-state index contributed by atoms with van der Waals surface area (Å²) in [6.45, 7) is 2.85. The van der Waals surface area contributed by atoms with Crippen LogP contribution in [0, 0.1) is 0 Å². The molecule has 1 atom stereocenters. The third-order valence-corrected chi connectivity index (χ3v) is 4.09. The molecule has 1 amide bonds. The summed E-state index contributed by atoms with van der Waals surface area (Å²) in [5, 5.41) is 11.5. The number of unbranched alkanes of at least 4 members (excludes halogenated alkanes) is 9. The van der Waals surface area contributed by atoms with Gasteiger partial charge in [0.15, 0.2) is 0 Å². The Kier molecular flexibility index (Phi) is 20.9. The van der Waals surface area contributed by atoms with Gasteiger partial charge >= 0.3 is 35.5 Å². The number of hydrogen-bond acceptors (Lipinski definition) is 3. The summed E-state index contributed by atoms with van der Waals surface area (Å²) < 4.78 is 0. The van der Waals surface area contributed by atoms with Gasteiger partial charge < -0.3 is 17.6 Å². The second kappa shape index (κ2) is 19.2. The molecule has 0 rings (SSSR count). The first-order chi connectivity index (χ1) is 11.1. The molecule has 0 heterocycles. The van der Waals surface area contributed by atoms with Gasteiger partial charge in [0.05, 0.1) is 0 Å². The molecule has 0 aliphatic rings. The van der Waals surface area contributed by atoms with Crippen molar-refractivity contribution in [3.63, 3.8) is 0 Å². The minimum Gasteiger partial charge on any atom is -1.00 e. The molecule has 0 aliphatic carbocycles. The Bertz CT molecular complexity index is 321. The monoisotopic (exact) mass is 352 g/mol. The van der Waals surface area contributed by atoms with Gasteiger partial charge in [-0.25, -0.2) is 0 Å². The molecule has 0 saturated carbocycles. The number of carbonyl (C=O) groups is 2. The zero-order valence-electron chi connectivity index (χ0n) is 16.8. The topological polar surface area (TPSA) is 92.4 Å². The van der Waals surface area contributed by atoms with E-state index in [-0.39, 0.29) is 36.9 Å². The zero-order chi connectivity index (χ0) is 17.3. The van der Waals surface area contributed by atoms with Crippen LogP contribution >= 0.6 is 0 Å². The van der Waals surface area contributed by atoms with Crippen LogP contribution in [0.4, 0.5) is 0 Å². The molecule has 0 aromatic rings.